The van der Waals surface area contributed by atoms with Crippen molar-refractivity contribution in [2.75, 3.05) is 0 Å². The standard InChI is InChI=1S/C34H18N2OS/c1-2-9-19(10-3-1)31-33-32(22-11-4-5-18-27(22)38-33)36-34(35-31)24-15-6-12-20-21-13-7-16-25-29(21)30-23(28(20)24)14-8-17-26(30)37-25/h1-18H. The van der Waals surface area contributed by atoms with Crippen LogP contribution in [0.15, 0.2) is 114 Å². The predicted molar refractivity (Wildman–Crippen MR) is 159 cm³/mol. The molecule has 0 saturated heterocycles. The Balaban J connectivity index is 1.47. The van der Waals surface area contributed by atoms with Crippen LogP contribution < -0.4 is 0 Å². The second-order valence-corrected chi connectivity index (χ2v) is 10.8. The smallest absolute Gasteiger partial charge is 0.161 e. The second-order valence-electron chi connectivity index (χ2n) is 9.73. The first kappa shape index (κ1) is 20.3. The summed E-state index contributed by atoms with van der Waals surface area (Å²) in [6.45, 7) is 0. The summed E-state index contributed by atoms with van der Waals surface area (Å²) in [5, 5.41) is 8.25. The molecule has 0 radical (unpaired) electrons. The van der Waals surface area contributed by atoms with Gasteiger partial charge in [-0.25, -0.2) is 9.97 Å². The van der Waals surface area contributed by atoms with Crippen molar-refractivity contribution in [2.24, 2.45) is 0 Å². The molecule has 4 heteroatoms. The zero-order chi connectivity index (χ0) is 24.8. The summed E-state index contributed by atoms with van der Waals surface area (Å²) < 4.78 is 8.62. The SMILES string of the molecule is c1ccc(-c2nc(-c3cccc4c5cccc6oc7cccc(c34)c7c65)nc3c2sc2ccccc23)cc1. The van der Waals surface area contributed by atoms with E-state index in [0.29, 0.717) is 0 Å². The number of aromatic nitrogens is 2. The van der Waals surface area contributed by atoms with Gasteiger partial charge in [-0.3, -0.25) is 0 Å². The van der Waals surface area contributed by atoms with Crippen LogP contribution in [-0.2, 0) is 0 Å². The van der Waals surface area contributed by atoms with Crippen LogP contribution in [0.5, 0.6) is 0 Å². The van der Waals surface area contributed by atoms with Crippen LogP contribution >= 0.6 is 11.3 Å². The average Bonchev–Trinajstić information content (AvgIpc) is 3.55. The quantitative estimate of drug-likeness (QED) is 0.221. The van der Waals surface area contributed by atoms with E-state index in [1.165, 1.54) is 37.0 Å². The molecule has 0 unspecified atom stereocenters. The Hall–Kier alpha value is -4.80. The minimum absolute atomic E-state index is 0.743. The molecule has 0 bridgehead atoms. The highest BCUT2D eigenvalue weighted by atomic mass is 32.1. The number of hydrogen-bond donors (Lipinski definition) is 0. The third kappa shape index (κ3) is 2.62. The summed E-state index contributed by atoms with van der Waals surface area (Å²) in [6, 6.07) is 38.1. The lowest BCUT2D eigenvalue weighted by Crippen LogP contribution is -1.95. The first-order valence-corrected chi connectivity index (χ1v) is 13.5. The molecule has 0 fully saturated rings. The molecule has 38 heavy (non-hydrogen) atoms. The van der Waals surface area contributed by atoms with E-state index >= 15 is 0 Å². The molecular weight excluding hydrogens is 484 g/mol. The van der Waals surface area contributed by atoms with E-state index in [4.69, 9.17) is 14.4 Å². The van der Waals surface area contributed by atoms with Crippen molar-refractivity contribution in [3.63, 3.8) is 0 Å². The highest BCUT2D eigenvalue weighted by Crippen LogP contribution is 2.46. The van der Waals surface area contributed by atoms with Crippen LogP contribution in [0.1, 0.15) is 0 Å². The second kappa shape index (κ2) is 7.37. The maximum absolute atomic E-state index is 6.27. The van der Waals surface area contributed by atoms with E-state index in [2.05, 4.69) is 103 Å². The normalized spacial score (nSPS) is 12.2. The first-order valence-electron chi connectivity index (χ1n) is 12.7. The Morgan fingerprint density at radius 1 is 0.526 bits per heavy atom. The molecule has 0 saturated carbocycles. The number of rotatable bonds is 2. The maximum Gasteiger partial charge on any atom is 0.161 e. The number of furan rings is 1. The van der Waals surface area contributed by atoms with Gasteiger partial charge in [-0.2, -0.15) is 0 Å². The lowest BCUT2D eigenvalue weighted by Gasteiger charge is -2.13. The zero-order valence-electron chi connectivity index (χ0n) is 20.1. The summed E-state index contributed by atoms with van der Waals surface area (Å²) in [5.74, 6) is 0.743. The third-order valence-electron chi connectivity index (χ3n) is 7.65. The summed E-state index contributed by atoms with van der Waals surface area (Å²) in [4.78, 5) is 10.5. The van der Waals surface area contributed by atoms with E-state index in [1.807, 2.05) is 6.07 Å². The highest BCUT2D eigenvalue weighted by Gasteiger charge is 2.21. The minimum atomic E-state index is 0.743. The molecule has 3 aromatic heterocycles. The van der Waals surface area contributed by atoms with Gasteiger partial charge in [-0.05, 0) is 34.4 Å². The van der Waals surface area contributed by atoms with Crippen molar-refractivity contribution in [1.29, 1.82) is 0 Å². The monoisotopic (exact) mass is 502 g/mol. The Bertz CT molecular complexity index is 2350. The number of hydrogen-bond acceptors (Lipinski definition) is 4. The molecule has 6 aromatic carbocycles. The number of thiophene rings is 1. The molecule has 0 N–H and O–H groups in total. The maximum atomic E-state index is 6.27. The Morgan fingerprint density at radius 2 is 1.18 bits per heavy atom. The van der Waals surface area contributed by atoms with Gasteiger partial charge in [-0.1, -0.05) is 91.0 Å². The third-order valence-corrected chi connectivity index (χ3v) is 8.82. The molecule has 0 aliphatic rings. The van der Waals surface area contributed by atoms with Crippen LogP contribution in [0.25, 0.3) is 86.4 Å². The van der Waals surface area contributed by atoms with E-state index < -0.39 is 0 Å². The van der Waals surface area contributed by atoms with Crippen LogP contribution in [0.3, 0.4) is 0 Å². The van der Waals surface area contributed by atoms with E-state index in [0.717, 1.165) is 49.4 Å². The fourth-order valence-electron chi connectivity index (χ4n) is 6.06. The Kier molecular flexibility index (Phi) is 3.93. The zero-order valence-corrected chi connectivity index (χ0v) is 20.9. The van der Waals surface area contributed by atoms with Crippen molar-refractivity contribution >= 4 is 75.1 Å². The van der Waals surface area contributed by atoms with Gasteiger partial charge < -0.3 is 4.42 Å². The van der Waals surface area contributed by atoms with Gasteiger partial charge in [-0.15, -0.1) is 11.3 Å². The van der Waals surface area contributed by atoms with Gasteiger partial charge in [0.1, 0.15) is 11.2 Å². The summed E-state index contributed by atoms with van der Waals surface area (Å²) in [6.07, 6.45) is 0. The fourth-order valence-corrected chi connectivity index (χ4v) is 7.21. The van der Waals surface area contributed by atoms with Crippen LogP contribution in [0, 0.1) is 0 Å². The summed E-state index contributed by atoms with van der Waals surface area (Å²) >= 11 is 1.76. The summed E-state index contributed by atoms with van der Waals surface area (Å²) in [7, 11) is 0. The predicted octanol–water partition coefficient (Wildman–Crippen LogP) is 9.82. The number of nitrogens with zero attached hydrogens (tertiary/aromatic N) is 2. The molecule has 3 heterocycles. The van der Waals surface area contributed by atoms with Gasteiger partial charge >= 0.3 is 0 Å². The van der Waals surface area contributed by atoms with Gasteiger partial charge in [0.15, 0.2) is 5.82 Å². The number of benzene rings is 6. The molecule has 0 spiro atoms. The van der Waals surface area contributed by atoms with Crippen molar-refractivity contribution in [2.45, 2.75) is 0 Å². The van der Waals surface area contributed by atoms with Crippen molar-refractivity contribution in [3.05, 3.63) is 109 Å². The highest BCUT2D eigenvalue weighted by molar-refractivity contribution is 7.26. The van der Waals surface area contributed by atoms with Crippen LogP contribution in [0.4, 0.5) is 0 Å². The van der Waals surface area contributed by atoms with E-state index in [-0.39, 0.29) is 0 Å². The van der Waals surface area contributed by atoms with E-state index in [9.17, 15) is 0 Å². The minimum Gasteiger partial charge on any atom is -0.456 e. The van der Waals surface area contributed by atoms with E-state index in [1.54, 1.807) is 11.3 Å². The van der Waals surface area contributed by atoms with Gasteiger partial charge in [0.25, 0.3) is 0 Å². The van der Waals surface area contributed by atoms with Crippen LogP contribution in [-0.4, -0.2) is 9.97 Å². The number of fused-ring (bicyclic) bond motifs is 6. The molecule has 0 atom stereocenters. The first-order chi connectivity index (χ1) is 18.8. The molecule has 9 aromatic rings. The topological polar surface area (TPSA) is 38.9 Å². The van der Waals surface area contributed by atoms with Crippen molar-refractivity contribution < 1.29 is 4.42 Å². The molecule has 176 valence electrons. The Labute approximate surface area is 220 Å². The fraction of sp³-hybridized carbons (Fsp3) is 0. The largest absolute Gasteiger partial charge is 0.456 e. The van der Waals surface area contributed by atoms with Gasteiger partial charge in [0.2, 0.25) is 0 Å². The van der Waals surface area contributed by atoms with Crippen LogP contribution in [0.2, 0.25) is 0 Å². The molecular formula is C34H18N2OS. The van der Waals surface area contributed by atoms with Gasteiger partial charge in [0.05, 0.1) is 15.9 Å². The molecule has 3 nitrogen and oxygen atoms in total. The lowest BCUT2D eigenvalue weighted by molar-refractivity contribution is 0.669. The molecule has 0 aliphatic carbocycles. The molecule has 9 rings (SSSR count). The van der Waals surface area contributed by atoms with Gasteiger partial charge in [0, 0.05) is 37.4 Å². The lowest BCUT2D eigenvalue weighted by atomic mass is 9.91. The summed E-state index contributed by atoms with van der Waals surface area (Å²) in [5.41, 5.74) is 5.96. The molecule has 0 aliphatic heterocycles. The van der Waals surface area contributed by atoms with Crippen molar-refractivity contribution in [1.82, 2.24) is 9.97 Å². The molecule has 0 amide bonds. The average molecular weight is 503 g/mol. The van der Waals surface area contributed by atoms with Crippen molar-refractivity contribution in [3.8, 4) is 22.6 Å². The Morgan fingerprint density at radius 3 is 2.03 bits per heavy atom.